The van der Waals surface area contributed by atoms with Crippen molar-refractivity contribution < 1.29 is 8.78 Å². The second-order valence-electron chi connectivity index (χ2n) is 3.01. The Morgan fingerprint density at radius 2 is 2.00 bits per heavy atom. The molecule has 0 saturated heterocycles. The van der Waals surface area contributed by atoms with E-state index in [-0.39, 0.29) is 6.04 Å². The van der Waals surface area contributed by atoms with Crippen LogP contribution in [0.4, 0.5) is 14.5 Å². The van der Waals surface area contributed by atoms with Crippen LogP contribution in [0.1, 0.15) is 6.92 Å². The molecule has 2 nitrogen and oxygen atoms in total. The quantitative estimate of drug-likeness (QED) is 0.725. The first-order valence-corrected chi connectivity index (χ1v) is 4.13. The van der Waals surface area contributed by atoms with Gasteiger partial charge in [-0.2, -0.15) is 5.26 Å². The van der Waals surface area contributed by atoms with Gasteiger partial charge in [-0.1, -0.05) is 0 Å². The number of nitrogens with zero attached hydrogens (tertiary/aromatic N) is 2. The summed E-state index contributed by atoms with van der Waals surface area (Å²) in [5.41, 5.74) is 0.484. The van der Waals surface area contributed by atoms with Crippen molar-refractivity contribution in [1.82, 2.24) is 0 Å². The van der Waals surface area contributed by atoms with Crippen molar-refractivity contribution in [3.63, 3.8) is 0 Å². The van der Waals surface area contributed by atoms with Crippen molar-refractivity contribution in [2.45, 2.75) is 13.0 Å². The molecule has 4 heteroatoms. The van der Waals surface area contributed by atoms with Crippen LogP contribution in [0.25, 0.3) is 0 Å². The maximum atomic E-state index is 12.8. The molecule has 1 rings (SSSR count). The summed E-state index contributed by atoms with van der Waals surface area (Å²) in [4.78, 5) is 1.57. The number of hydrogen-bond donors (Lipinski definition) is 0. The van der Waals surface area contributed by atoms with Gasteiger partial charge >= 0.3 is 0 Å². The molecule has 0 radical (unpaired) electrons. The third kappa shape index (κ3) is 1.99. The largest absolute Gasteiger partial charge is 0.359 e. The van der Waals surface area contributed by atoms with E-state index < -0.39 is 11.6 Å². The van der Waals surface area contributed by atoms with Gasteiger partial charge in [0, 0.05) is 18.8 Å². The maximum Gasteiger partial charge on any atom is 0.160 e. The Bertz CT molecular complexity index is 371. The van der Waals surface area contributed by atoms with E-state index >= 15 is 0 Å². The Morgan fingerprint density at radius 1 is 1.36 bits per heavy atom. The lowest BCUT2D eigenvalue weighted by Crippen LogP contribution is -2.27. The average molecular weight is 196 g/mol. The highest BCUT2D eigenvalue weighted by atomic mass is 19.2. The van der Waals surface area contributed by atoms with Crippen molar-refractivity contribution >= 4 is 5.69 Å². The van der Waals surface area contributed by atoms with Crippen LogP contribution in [-0.4, -0.2) is 13.1 Å². The summed E-state index contributed by atoms with van der Waals surface area (Å²) in [6, 6.07) is 5.19. The minimum absolute atomic E-state index is 0.375. The van der Waals surface area contributed by atoms with E-state index in [1.165, 1.54) is 6.07 Å². The minimum atomic E-state index is -0.903. The summed E-state index contributed by atoms with van der Waals surface area (Å²) in [7, 11) is 1.65. The van der Waals surface area contributed by atoms with Crippen LogP contribution in [0.2, 0.25) is 0 Å². The van der Waals surface area contributed by atoms with Crippen molar-refractivity contribution in [1.29, 1.82) is 5.26 Å². The molecule has 0 N–H and O–H groups in total. The number of benzene rings is 1. The van der Waals surface area contributed by atoms with Crippen LogP contribution in [0, 0.1) is 23.0 Å². The second kappa shape index (κ2) is 4.05. The molecule has 0 aliphatic heterocycles. The zero-order valence-corrected chi connectivity index (χ0v) is 7.96. The first-order valence-electron chi connectivity index (χ1n) is 4.13. The summed E-state index contributed by atoms with van der Waals surface area (Å²) in [5, 5.41) is 8.63. The number of nitriles is 1. The first-order chi connectivity index (χ1) is 6.56. The highest BCUT2D eigenvalue weighted by molar-refractivity contribution is 5.47. The van der Waals surface area contributed by atoms with E-state index in [0.717, 1.165) is 12.1 Å². The van der Waals surface area contributed by atoms with E-state index in [9.17, 15) is 8.78 Å². The molecule has 1 aromatic rings. The zero-order valence-electron chi connectivity index (χ0n) is 7.96. The molecule has 0 heterocycles. The fourth-order valence-electron chi connectivity index (χ4n) is 1.01. The van der Waals surface area contributed by atoms with Gasteiger partial charge in [0.15, 0.2) is 11.6 Å². The molecule has 0 aliphatic rings. The molecule has 1 atom stereocenters. The van der Waals surface area contributed by atoms with E-state index in [2.05, 4.69) is 0 Å². The maximum absolute atomic E-state index is 12.8. The molecule has 74 valence electrons. The Balaban J connectivity index is 2.98. The van der Waals surface area contributed by atoms with Crippen molar-refractivity contribution in [3.8, 4) is 6.07 Å². The lowest BCUT2D eigenvalue weighted by molar-refractivity contribution is 0.508. The smallest absolute Gasteiger partial charge is 0.160 e. The predicted molar refractivity (Wildman–Crippen MR) is 49.8 cm³/mol. The summed E-state index contributed by atoms with van der Waals surface area (Å²) in [5.74, 6) is -1.79. The van der Waals surface area contributed by atoms with Crippen LogP contribution in [0.5, 0.6) is 0 Å². The van der Waals surface area contributed by atoms with Crippen molar-refractivity contribution in [3.05, 3.63) is 29.8 Å². The summed E-state index contributed by atoms with van der Waals surface area (Å²) < 4.78 is 25.4. The van der Waals surface area contributed by atoms with Gasteiger partial charge in [0.25, 0.3) is 0 Å². The molecular formula is C10H10F2N2. The van der Waals surface area contributed by atoms with Crippen LogP contribution in [-0.2, 0) is 0 Å². The van der Waals surface area contributed by atoms with Crippen LogP contribution in [0.15, 0.2) is 18.2 Å². The van der Waals surface area contributed by atoms with E-state index in [1.54, 1.807) is 18.9 Å². The Labute approximate surface area is 81.4 Å². The third-order valence-corrected chi connectivity index (χ3v) is 2.08. The predicted octanol–water partition coefficient (Wildman–Crippen LogP) is 2.31. The molecule has 14 heavy (non-hydrogen) atoms. The molecule has 0 spiro atoms. The molecule has 0 fully saturated rings. The highest BCUT2D eigenvalue weighted by Gasteiger charge is 2.10. The Morgan fingerprint density at radius 3 is 2.50 bits per heavy atom. The fraction of sp³-hybridized carbons (Fsp3) is 0.300. The SMILES string of the molecule is CC(C#N)N(C)c1ccc(F)c(F)c1. The number of hydrogen-bond acceptors (Lipinski definition) is 2. The van der Waals surface area contributed by atoms with Crippen molar-refractivity contribution in [2.24, 2.45) is 0 Å². The van der Waals surface area contributed by atoms with Gasteiger partial charge in [-0.15, -0.1) is 0 Å². The summed E-state index contributed by atoms with van der Waals surface area (Å²) in [6.07, 6.45) is 0. The molecule has 1 unspecified atom stereocenters. The van der Waals surface area contributed by atoms with Gasteiger partial charge in [-0.25, -0.2) is 8.78 Å². The van der Waals surface area contributed by atoms with Gasteiger partial charge in [-0.05, 0) is 19.1 Å². The average Bonchev–Trinajstić information content (AvgIpc) is 2.20. The first kappa shape index (κ1) is 10.5. The molecule has 0 bridgehead atoms. The van der Waals surface area contributed by atoms with E-state index in [0.29, 0.717) is 5.69 Å². The second-order valence-corrected chi connectivity index (χ2v) is 3.01. The fourth-order valence-corrected chi connectivity index (χ4v) is 1.01. The lowest BCUT2D eigenvalue weighted by atomic mass is 10.2. The van der Waals surface area contributed by atoms with Crippen LogP contribution in [0.3, 0.4) is 0 Å². The Hall–Kier alpha value is -1.63. The molecule has 1 aromatic carbocycles. The molecular weight excluding hydrogens is 186 g/mol. The molecule has 0 aromatic heterocycles. The monoisotopic (exact) mass is 196 g/mol. The van der Waals surface area contributed by atoms with Crippen molar-refractivity contribution in [2.75, 3.05) is 11.9 Å². The molecule has 0 aliphatic carbocycles. The normalized spacial score (nSPS) is 11.9. The lowest BCUT2D eigenvalue weighted by Gasteiger charge is -2.21. The van der Waals surface area contributed by atoms with Gasteiger partial charge in [0.2, 0.25) is 0 Å². The van der Waals surface area contributed by atoms with E-state index in [1.807, 2.05) is 6.07 Å². The third-order valence-electron chi connectivity index (χ3n) is 2.08. The van der Waals surface area contributed by atoms with Gasteiger partial charge in [0.05, 0.1) is 6.07 Å². The molecule has 0 saturated carbocycles. The number of anilines is 1. The van der Waals surface area contributed by atoms with E-state index in [4.69, 9.17) is 5.26 Å². The minimum Gasteiger partial charge on any atom is -0.359 e. The topological polar surface area (TPSA) is 27.0 Å². The summed E-state index contributed by atoms with van der Waals surface area (Å²) >= 11 is 0. The highest BCUT2D eigenvalue weighted by Crippen LogP contribution is 2.18. The molecule has 0 amide bonds. The number of halogens is 2. The number of rotatable bonds is 2. The zero-order chi connectivity index (χ0) is 10.7. The Kier molecular flexibility index (Phi) is 3.03. The van der Waals surface area contributed by atoms with Gasteiger partial charge in [0.1, 0.15) is 6.04 Å². The van der Waals surface area contributed by atoms with Gasteiger partial charge in [-0.3, -0.25) is 0 Å². The van der Waals surface area contributed by atoms with Crippen LogP contribution < -0.4 is 4.90 Å². The standard InChI is InChI=1S/C10H10F2N2/c1-7(6-13)14(2)8-3-4-9(11)10(12)5-8/h3-5,7H,1-2H3. The summed E-state index contributed by atoms with van der Waals surface area (Å²) in [6.45, 7) is 1.68. The van der Waals surface area contributed by atoms with Crippen LogP contribution >= 0.6 is 0 Å². The van der Waals surface area contributed by atoms with Gasteiger partial charge < -0.3 is 4.90 Å².